The molecule has 0 aliphatic carbocycles. The molecule has 0 aromatic heterocycles. The van der Waals surface area contributed by atoms with Gasteiger partial charge in [0, 0.05) is 41.1 Å². The van der Waals surface area contributed by atoms with Crippen LogP contribution in [0.25, 0.3) is 0 Å². The summed E-state index contributed by atoms with van der Waals surface area (Å²) in [5.74, 6) is 0. The van der Waals surface area contributed by atoms with Gasteiger partial charge in [0.25, 0.3) is 5.69 Å². The summed E-state index contributed by atoms with van der Waals surface area (Å²) in [6, 6.07) is 5.00. The van der Waals surface area contributed by atoms with Gasteiger partial charge in [-0.05, 0) is 19.4 Å². The van der Waals surface area contributed by atoms with E-state index in [2.05, 4.69) is 5.32 Å². The van der Waals surface area contributed by atoms with E-state index in [-0.39, 0.29) is 22.5 Å². The maximum absolute atomic E-state index is 10.8. The Balaban J connectivity index is 2.91. The number of aliphatic hydroxyl groups is 1. The van der Waals surface area contributed by atoms with Crippen molar-refractivity contribution in [3.8, 4) is 0 Å². The number of rotatable bonds is 7. The average molecular weight is 270 g/mol. The van der Waals surface area contributed by atoms with Gasteiger partial charge >= 0.3 is 0 Å². The fraction of sp³-hybridized carbons (Fsp3) is 0.500. The number of thioether (sulfide) groups is 1. The van der Waals surface area contributed by atoms with Crippen LogP contribution < -0.4 is 5.32 Å². The van der Waals surface area contributed by atoms with E-state index in [4.69, 9.17) is 5.11 Å². The summed E-state index contributed by atoms with van der Waals surface area (Å²) in [6.07, 6.45) is 0.671. The minimum absolute atomic E-state index is 0.0900. The van der Waals surface area contributed by atoms with Crippen molar-refractivity contribution < 1.29 is 10.0 Å². The first kappa shape index (κ1) is 14.8. The molecule has 100 valence electrons. The molecule has 0 aliphatic heterocycles. The lowest BCUT2D eigenvalue weighted by Crippen LogP contribution is -2.01. The lowest BCUT2D eigenvalue weighted by Gasteiger charge is -2.11. The van der Waals surface area contributed by atoms with Gasteiger partial charge in [0.15, 0.2) is 0 Å². The number of anilines is 1. The summed E-state index contributed by atoms with van der Waals surface area (Å²) in [7, 11) is 0. The van der Waals surface area contributed by atoms with Crippen molar-refractivity contribution in [3.63, 3.8) is 0 Å². The number of benzene rings is 1. The number of nitro benzene ring substituents is 1. The number of non-ortho nitro benzene ring substituents is 1. The molecule has 0 spiro atoms. The van der Waals surface area contributed by atoms with Crippen LogP contribution in [0.2, 0.25) is 0 Å². The molecular formula is C12H18N2O3S. The number of hydrogen-bond acceptors (Lipinski definition) is 5. The zero-order chi connectivity index (χ0) is 13.5. The van der Waals surface area contributed by atoms with Gasteiger partial charge in [-0.1, -0.05) is 6.92 Å². The smallest absolute Gasteiger partial charge is 0.272 e. The number of hydrogen-bond donors (Lipinski definition) is 2. The van der Waals surface area contributed by atoms with Gasteiger partial charge in [-0.25, -0.2) is 0 Å². The van der Waals surface area contributed by atoms with Gasteiger partial charge in [0.05, 0.1) is 4.92 Å². The summed E-state index contributed by atoms with van der Waals surface area (Å²) in [5, 5.41) is 23.0. The normalized spacial score (nSPS) is 12.2. The Hall–Kier alpha value is -1.27. The maximum Gasteiger partial charge on any atom is 0.272 e. The molecule has 1 atom stereocenters. The van der Waals surface area contributed by atoms with Crippen LogP contribution in [0.3, 0.4) is 0 Å². The first-order chi connectivity index (χ1) is 8.56. The molecule has 0 radical (unpaired) electrons. The SMILES string of the molecule is CCNc1cc(SC(C)CCO)cc([N+](=O)[O-])c1. The van der Waals surface area contributed by atoms with Crippen LogP contribution in [-0.2, 0) is 0 Å². The van der Waals surface area contributed by atoms with Crippen LogP contribution in [0.5, 0.6) is 0 Å². The minimum Gasteiger partial charge on any atom is -0.396 e. The van der Waals surface area contributed by atoms with Crippen LogP contribution in [0.4, 0.5) is 11.4 Å². The molecular weight excluding hydrogens is 252 g/mol. The molecule has 0 saturated heterocycles. The molecule has 5 nitrogen and oxygen atoms in total. The highest BCUT2D eigenvalue weighted by molar-refractivity contribution is 8.00. The van der Waals surface area contributed by atoms with E-state index in [0.29, 0.717) is 6.42 Å². The van der Waals surface area contributed by atoms with Crippen LogP contribution in [0, 0.1) is 10.1 Å². The highest BCUT2D eigenvalue weighted by Crippen LogP contribution is 2.31. The molecule has 2 N–H and O–H groups in total. The molecule has 1 unspecified atom stereocenters. The Bertz CT molecular complexity index is 412. The van der Waals surface area contributed by atoms with Gasteiger partial charge < -0.3 is 10.4 Å². The summed E-state index contributed by atoms with van der Waals surface area (Å²) in [4.78, 5) is 11.3. The van der Waals surface area contributed by atoms with Crippen molar-refractivity contribution in [3.05, 3.63) is 28.3 Å². The second-order valence-electron chi connectivity index (χ2n) is 3.94. The van der Waals surface area contributed by atoms with Crippen LogP contribution >= 0.6 is 11.8 Å². The Labute approximate surface area is 111 Å². The number of aliphatic hydroxyl groups excluding tert-OH is 1. The largest absolute Gasteiger partial charge is 0.396 e. The first-order valence-electron chi connectivity index (χ1n) is 5.87. The van der Waals surface area contributed by atoms with E-state index in [1.54, 1.807) is 6.07 Å². The summed E-state index contributed by atoms with van der Waals surface area (Å²) in [5.41, 5.74) is 0.845. The third-order valence-electron chi connectivity index (χ3n) is 2.36. The van der Waals surface area contributed by atoms with Crippen molar-refractivity contribution >= 4 is 23.1 Å². The number of nitro groups is 1. The van der Waals surface area contributed by atoms with Crippen molar-refractivity contribution in [1.82, 2.24) is 0 Å². The molecule has 0 fully saturated rings. The highest BCUT2D eigenvalue weighted by Gasteiger charge is 2.12. The lowest BCUT2D eigenvalue weighted by molar-refractivity contribution is -0.385. The Kier molecular flexibility index (Phi) is 5.94. The monoisotopic (exact) mass is 270 g/mol. The topological polar surface area (TPSA) is 75.4 Å². The van der Waals surface area contributed by atoms with E-state index in [9.17, 15) is 10.1 Å². The van der Waals surface area contributed by atoms with Gasteiger partial charge in [-0.3, -0.25) is 10.1 Å². The molecule has 1 aromatic carbocycles. The van der Waals surface area contributed by atoms with Crippen LogP contribution in [0.15, 0.2) is 23.1 Å². The zero-order valence-electron chi connectivity index (χ0n) is 10.5. The number of nitrogens with zero attached hydrogens (tertiary/aromatic N) is 1. The van der Waals surface area contributed by atoms with E-state index >= 15 is 0 Å². The summed E-state index contributed by atoms with van der Waals surface area (Å²) in [6.45, 7) is 4.79. The maximum atomic E-state index is 10.8. The van der Waals surface area contributed by atoms with E-state index in [0.717, 1.165) is 17.1 Å². The third kappa shape index (κ3) is 4.54. The highest BCUT2D eigenvalue weighted by atomic mass is 32.2. The molecule has 1 rings (SSSR count). The second kappa shape index (κ2) is 7.23. The van der Waals surface area contributed by atoms with E-state index < -0.39 is 0 Å². The summed E-state index contributed by atoms with van der Waals surface area (Å²) < 4.78 is 0. The molecule has 0 heterocycles. The molecule has 0 aliphatic rings. The van der Waals surface area contributed by atoms with Crippen molar-refractivity contribution in [1.29, 1.82) is 0 Å². The van der Waals surface area contributed by atoms with Gasteiger partial charge in [-0.2, -0.15) is 0 Å². The van der Waals surface area contributed by atoms with Crippen LogP contribution in [0.1, 0.15) is 20.3 Å². The Morgan fingerprint density at radius 3 is 2.78 bits per heavy atom. The first-order valence-corrected chi connectivity index (χ1v) is 6.75. The third-order valence-corrected chi connectivity index (χ3v) is 3.50. The standard InChI is InChI=1S/C12H18N2O3S/c1-3-13-10-6-11(14(16)17)8-12(7-10)18-9(2)4-5-15/h6-9,13,15H,3-5H2,1-2H3. The predicted molar refractivity (Wildman–Crippen MR) is 74.3 cm³/mol. The molecule has 0 amide bonds. The predicted octanol–water partition coefficient (Wildman–Crippen LogP) is 2.89. The Morgan fingerprint density at radius 2 is 2.22 bits per heavy atom. The van der Waals surface area contributed by atoms with Crippen molar-refractivity contribution in [2.24, 2.45) is 0 Å². The van der Waals surface area contributed by atoms with Gasteiger partial charge in [0.1, 0.15) is 0 Å². The molecule has 0 saturated carbocycles. The molecule has 18 heavy (non-hydrogen) atoms. The Morgan fingerprint density at radius 1 is 1.50 bits per heavy atom. The van der Waals surface area contributed by atoms with Crippen molar-refractivity contribution in [2.75, 3.05) is 18.5 Å². The average Bonchev–Trinajstić information content (AvgIpc) is 2.29. The fourth-order valence-electron chi connectivity index (χ4n) is 1.54. The zero-order valence-corrected chi connectivity index (χ0v) is 11.4. The summed E-state index contributed by atoms with van der Waals surface area (Å²) >= 11 is 1.54. The molecule has 1 aromatic rings. The molecule has 6 heteroatoms. The van der Waals surface area contributed by atoms with E-state index in [1.807, 2.05) is 19.9 Å². The quantitative estimate of drug-likeness (QED) is 0.452. The van der Waals surface area contributed by atoms with Crippen molar-refractivity contribution in [2.45, 2.75) is 30.4 Å². The molecule has 0 bridgehead atoms. The second-order valence-corrected chi connectivity index (χ2v) is 5.46. The van der Waals surface area contributed by atoms with E-state index in [1.165, 1.54) is 17.8 Å². The fourth-order valence-corrected chi connectivity index (χ4v) is 2.61. The number of nitrogens with one attached hydrogen (secondary N) is 1. The lowest BCUT2D eigenvalue weighted by atomic mass is 10.3. The van der Waals surface area contributed by atoms with Gasteiger partial charge in [-0.15, -0.1) is 11.8 Å². The van der Waals surface area contributed by atoms with Gasteiger partial charge in [0.2, 0.25) is 0 Å². The van der Waals surface area contributed by atoms with Crippen LogP contribution in [-0.4, -0.2) is 28.4 Å². The minimum atomic E-state index is -0.387.